The third kappa shape index (κ3) is 5.29. The fraction of sp³-hybridized carbons (Fsp3) is 0.400. The van der Waals surface area contributed by atoms with Crippen molar-refractivity contribution in [1.29, 1.82) is 0 Å². The van der Waals surface area contributed by atoms with Crippen molar-refractivity contribution >= 4 is 0 Å². The largest absolute Gasteiger partial charge is 0.490 e. The van der Waals surface area contributed by atoms with Crippen LogP contribution < -0.4 is 14.8 Å². The van der Waals surface area contributed by atoms with Gasteiger partial charge in [-0.05, 0) is 25.5 Å². The lowest BCUT2D eigenvalue weighted by molar-refractivity contribution is 0.266. The zero-order valence-corrected chi connectivity index (χ0v) is 14.6. The van der Waals surface area contributed by atoms with Crippen LogP contribution in [0.15, 0.2) is 42.5 Å². The first-order chi connectivity index (χ1) is 11.1. The molecule has 0 aliphatic carbocycles. The average Bonchev–Trinajstić information content (AvgIpc) is 2.53. The number of benzene rings is 2. The Morgan fingerprint density at radius 3 is 2.39 bits per heavy atom. The zero-order chi connectivity index (χ0) is 16.7. The maximum Gasteiger partial charge on any atom is 0.166 e. The third-order valence-corrected chi connectivity index (χ3v) is 3.56. The molecule has 0 aliphatic rings. The van der Waals surface area contributed by atoms with E-state index >= 15 is 0 Å². The van der Waals surface area contributed by atoms with E-state index in [1.54, 1.807) is 0 Å². The maximum absolute atomic E-state index is 6.11. The van der Waals surface area contributed by atoms with E-state index < -0.39 is 0 Å². The molecule has 2 aromatic rings. The minimum Gasteiger partial charge on any atom is -0.490 e. The van der Waals surface area contributed by atoms with Gasteiger partial charge < -0.3 is 14.8 Å². The van der Waals surface area contributed by atoms with E-state index in [1.807, 2.05) is 19.1 Å². The predicted octanol–water partition coefficient (Wildman–Crippen LogP) is 4.47. The first-order valence-electron chi connectivity index (χ1n) is 8.26. The fourth-order valence-electron chi connectivity index (χ4n) is 2.29. The Bertz CT molecular complexity index is 606. The molecule has 1 N–H and O–H groups in total. The molecule has 0 heterocycles. The minimum absolute atomic E-state index is 0.427. The second-order valence-corrected chi connectivity index (χ2v) is 5.99. The van der Waals surface area contributed by atoms with Gasteiger partial charge in [0.15, 0.2) is 11.5 Å². The van der Waals surface area contributed by atoms with Gasteiger partial charge >= 0.3 is 0 Å². The van der Waals surface area contributed by atoms with E-state index in [9.17, 15) is 0 Å². The van der Waals surface area contributed by atoms with Gasteiger partial charge in [-0.3, -0.25) is 0 Å². The van der Waals surface area contributed by atoms with Crippen LogP contribution >= 0.6 is 0 Å². The summed E-state index contributed by atoms with van der Waals surface area (Å²) in [5.74, 6) is 1.64. The number of hydrogen-bond donors (Lipinski definition) is 1. The van der Waals surface area contributed by atoms with Crippen LogP contribution in [0.2, 0.25) is 0 Å². The molecule has 0 fully saturated rings. The van der Waals surface area contributed by atoms with Crippen molar-refractivity contribution in [2.75, 3.05) is 6.61 Å². The predicted molar refractivity (Wildman–Crippen MR) is 95.1 cm³/mol. The summed E-state index contributed by atoms with van der Waals surface area (Å²) in [4.78, 5) is 0. The summed E-state index contributed by atoms with van der Waals surface area (Å²) in [5, 5.41) is 3.44. The molecule has 0 aromatic heterocycles. The number of para-hydroxylation sites is 1. The van der Waals surface area contributed by atoms with Gasteiger partial charge in [-0.15, -0.1) is 0 Å². The highest BCUT2D eigenvalue weighted by molar-refractivity contribution is 5.46. The quantitative estimate of drug-likeness (QED) is 0.780. The summed E-state index contributed by atoms with van der Waals surface area (Å²) >= 11 is 0. The summed E-state index contributed by atoms with van der Waals surface area (Å²) in [6.45, 7) is 10.3. The van der Waals surface area contributed by atoms with Crippen LogP contribution in [0.5, 0.6) is 11.5 Å². The molecule has 0 aliphatic heterocycles. The van der Waals surface area contributed by atoms with E-state index in [2.05, 4.69) is 56.4 Å². The van der Waals surface area contributed by atoms with Crippen LogP contribution in [0.4, 0.5) is 0 Å². The highest BCUT2D eigenvalue weighted by Gasteiger charge is 2.11. The van der Waals surface area contributed by atoms with E-state index in [4.69, 9.17) is 9.47 Å². The Labute approximate surface area is 139 Å². The van der Waals surface area contributed by atoms with Crippen LogP contribution in [0.3, 0.4) is 0 Å². The summed E-state index contributed by atoms with van der Waals surface area (Å²) < 4.78 is 11.9. The van der Waals surface area contributed by atoms with Gasteiger partial charge in [-0.1, -0.05) is 55.8 Å². The summed E-state index contributed by atoms with van der Waals surface area (Å²) in [7, 11) is 0. The van der Waals surface area contributed by atoms with Crippen molar-refractivity contribution in [1.82, 2.24) is 5.32 Å². The Morgan fingerprint density at radius 2 is 1.74 bits per heavy atom. The molecular formula is C20H27NO2. The molecule has 0 atom stereocenters. The van der Waals surface area contributed by atoms with Gasteiger partial charge in [0.25, 0.3) is 0 Å². The van der Waals surface area contributed by atoms with Crippen LogP contribution in [-0.2, 0) is 13.2 Å². The molecule has 124 valence electrons. The average molecular weight is 313 g/mol. The van der Waals surface area contributed by atoms with Gasteiger partial charge in [0.1, 0.15) is 6.61 Å². The summed E-state index contributed by atoms with van der Waals surface area (Å²) in [5.41, 5.74) is 3.53. The normalized spacial score (nSPS) is 10.8. The molecule has 23 heavy (non-hydrogen) atoms. The van der Waals surface area contributed by atoms with E-state index in [0.29, 0.717) is 19.3 Å². The Hall–Kier alpha value is -2.00. The lowest BCUT2D eigenvalue weighted by Gasteiger charge is -2.17. The second kappa shape index (κ2) is 8.59. The van der Waals surface area contributed by atoms with Crippen molar-refractivity contribution in [3.05, 3.63) is 59.2 Å². The molecule has 2 rings (SSSR count). The number of nitrogens with one attached hydrogen (secondary N) is 1. The Balaban J connectivity index is 2.16. The van der Waals surface area contributed by atoms with E-state index in [0.717, 1.165) is 29.2 Å². The Morgan fingerprint density at radius 1 is 1.00 bits per heavy atom. The van der Waals surface area contributed by atoms with E-state index in [1.165, 1.54) is 5.56 Å². The zero-order valence-electron chi connectivity index (χ0n) is 14.6. The monoisotopic (exact) mass is 313 g/mol. The molecule has 0 amide bonds. The van der Waals surface area contributed by atoms with Crippen LogP contribution in [-0.4, -0.2) is 12.6 Å². The van der Waals surface area contributed by atoms with Crippen LogP contribution in [0, 0.1) is 6.92 Å². The van der Waals surface area contributed by atoms with Gasteiger partial charge in [0.05, 0.1) is 6.61 Å². The van der Waals surface area contributed by atoms with Gasteiger partial charge in [-0.25, -0.2) is 0 Å². The lowest BCUT2D eigenvalue weighted by atomic mass is 10.1. The molecule has 3 nitrogen and oxygen atoms in total. The first-order valence-corrected chi connectivity index (χ1v) is 8.26. The molecule has 3 heteroatoms. The number of rotatable bonds is 8. The SMILES string of the molecule is CCOc1cccc(CNC(C)C)c1OCc1ccc(C)cc1. The summed E-state index contributed by atoms with van der Waals surface area (Å²) in [6.07, 6.45) is 0. The number of aryl methyl sites for hydroxylation is 1. The van der Waals surface area contributed by atoms with Crippen molar-refractivity contribution in [2.45, 2.75) is 46.9 Å². The standard InChI is InChI=1S/C20H27NO2/c1-5-22-19-8-6-7-18(13-21-15(2)3)20(19)23-14-17-11-9-16(4)10-12-17/h6-12,15,21H,5,13-14H2,1-4H3. The molecule has 2 aromatic carbocycles. The van der Waals surface area contributed by atoms with Crippen molar-refractivity contribution < 1.29 is 9.47 Å². The van der Waals surface area contributed by atoms with Crippen molar-refractivity contribution in [3.8, 4) is 11.5 Å². The summed E-state index contributed by atoms with van der Waals surface area (Å²) in [6, 6.07) is 14.9. The van der Waals surface area contributed by atoms with Crippen LogP contribution in [0.1, 0.15) is 37.5 Å². The topological polar surface area (TPSA) is 30.5 Å². The third-order valence-electron chi connectivity index (χ3n) is 3.56. The molecule has 0 bridgehead atoms. The molecule has 0 unspecified atom stereocenters. The van der Waals surface area contributed by atoms with Gasteiger partial charge in [0, 0.05) is 18.2 Å². The Kier molecular flexibility index (Phi) is 6.48. The molecular weight excluding hydrogens is 286 g/mol. The molecule has 0 saturated heterocycles. The second-order valence-electron chi connectivity index (χ2n) is 5.99. The van der Waals surface area contributed by atoms with E-state index in [-0.39, 0.29) is 0 Å². The number of hydrogen-bond acceptors (Lipinski definition) is 3. The van der Waals surface area contributed by atoms with Crippen molar-refractivity contribution in [2.24, 2.45) is 0 Å². The van der Waals surface area contributed by atoms with Gasteiger partial charge in [-0.2, -0.15) is 0 Å². The minimum atomic E-state index is 0.427. The lowest BCUT2D eigenvalue weighted by Crippen LogP contribution is -2.22. The fourth-order valence-corrected chi connectivity index (χ4v) is 2.29. The number of ether oxygens (including phenoxy) is 2. The van der Waals surface area contributed by atoms with Crippen LogP contribution in [0.25, 0.3) is 0 Å². The highest BCUT2D eigenvalue weighted by Crippen LogP contribution is 2.32. The molecule has 0 radical (unpaired) electrons. The highest BCUT2D eigenvalue weighted by atomic mass is 16.5. The van der Waals surface area contributed by atoms with Crippen molar-refractivity contribution in [3.63, 3.8) is 0 Å². The molecule has 0 saturated carbocycles. The molecule has 0 spiro atoms. The maximum atomic E-state index is 6.11. The smallest absolute Gasteiger partial charge is 0.166 e. The first kappa shape index (κ1) is 17.4. The van der Waals surface area contributed by atoms with Gasteiger partial charge in [0.2, 0.25) is 0 Å².